The van der Waals surface area contributed by atoms with Crippen molar-refractivity contribution in [3.05, 3.63) is 23.3 Å². The number of carbonyl (C=O) groups is 5. The topological polar surface area (TPSA) is 178 Å². The van der Waals surface area contributed by atoms with E-state index in [1.54, 1.807) is 26.0 Å². The first-order valence-electron chi connectivity index (χ1n) is 11.2. The zero-order chi connectivity index (χ0) is 28.0. The Morgan fingerprint density at radius 3 is 1.95 bits per heavy atom. The lowest BCUT2D eigenvalue weighted by Gasteiger charge is -2.39. The van der Waals surface area contributed by atoms with E-state index >= 15 is 0 Å². The fraction of sp³-hybridized carbons (Fsp3) is 0.500. The number of anilines is 1. The van der Waals surface area contributed by atoms with Crippen LogP contribution in [-0.2, 0) is 42.9 Å². The maximum Gasteiger partial charge on any atom is 0.355 e. The number of ether oxygens (including phenoxy) is 4. The summed E-state index contributed by atoms with van der Waals surface area (Å²) in [5.74, 6) is -4.63. The van der Waals surface area contributed by atoms with Gasteiger partial charge in [0.25, 0.3) is 0 Å². The average molecular weight is 523 g/mol. The van der Waals surface area contributed by atoms with Crippen molar-refractivity contribution in [3.63, 3.8) is 0 Å². The molecule has 13 heteroatoms. The number of rotatable bonds is 10. The number of benzene rings is 1. The van der Waals surface area contributed by atoms with Gasteiger partial charge in [0.1, 0.15) is 6.61 Å². The van der Waals surface area contributed by atoms with Crippen molar-refractivity contribution >= 4 is 46.9 Å². The molecule has 0 spiro atoms. The van der Waals surface area contributed by atoms with Crippen LogP contribution in [0, 0.1) is 13.8 Å². The third kappa shape index (κ3) is 7.74. The molecule has 0 radical (unpaired) electrons. The number of nitrogens with zero attached hydrogens (tertiary/aromatic N) is 2. The smallest absolute Gasteiger partial charge is 0.355 e. The lowest BCUT2D eigenvalue weighted by Crippen LogP contribution is -2.55. The average Bonchev–Trinajstić information content (AvgIpc) is 2.76. The van der Waals surface area contributed by atoms with Crippen LogP contribution in [-0.4, -0.2) is 83.5 Å². The number of aryl methyl sites for hydroxylation is 2. The van der Waals surface area contributed by atoms with Crippen LogP contribution < -0.4 is 4.90 Å². The van der Waals surface area contributed by atoms with E-state index in [-0.39, 0.29) is 5.69 Å². The van der Waals surface area contributed by atoms with E-state index in [2.05, 4.69) is 4.99 Å². The fourth-order valence-corrected chi connectivity index (χ4v) is 3.74. The number of hydrogen-bond donors (Lipinski definition) is 2. The minimum atomic E-state index is -1.77. The first-order valence-corrected chi connectivity index (χ1v) is 11.2. The van der Waals surface area contributed by atoms with Crippen LogP contribution in [0.2, 0.25) is 0 Å². The molecule has 13 nitrogen and oxygen atoms in total. The summed E-state index contributed by atoms with van der Waals surface area (Å²) in [7, 11) is 0. The Kier molecular flexibility index (Phi) is 9.72. The number of carbonyl (C=O) groups excluding carboxylic acids is 4. The summed E-state index contributed by atoms with van der Waals surface area (Å²) in [4.78, 5) is 64.3. The minimum Gasteiger partial charge on any atom is -0.477 e. The molecule has 0 saturated carbocycles. The lowest BCUT2D eigenvalue weighted by atomic mass is 10.0. The third-order valence-corrected chi connectivity index (χ3v) is 5.40. The highest BCUT2D eigenvalue weighted by molar-refractivity contribution is 6.39. The van der Waals surface area contributed by atoms with E-state index < -0.39 is 73.2 Å². The lowest BCUT2D eigenvalue weighted by molar-refractivity contribution is -0.188. The monoisotopic (exact) mass is 522 g/mol. The predicted octanol–water partition coefficient (Wildman–Crippen LogP) is 0.957. The van der Waals surface area contributed by atoms with Gasteiger partial charge < -0.3 is 34.1 Å². The Morgan fingerprint density at radius 2 is 1.43 bits per heavy atom. The van der Waals surface area contributed by atoms with Crippen molar-refractivity contribution in [3.8, 4) is 0 Å². The van der Waals surface area contributed by atoms with E-state index in [4.69, 9.17) is 18.9 Å². The number of aliphatic hydroxyl groups excluding tert-OH is 1. The molecule has 2 rings (SSSR count). The molecule has 1 aromatic rings. The Bertz CT molecular complexity index is 1110. The van der Waals surface area contributed by atoms with Crippen LogP contribution >= 0.6 is 0 Å². The van der Waals surface area contributed by atoms with Crippen LogP contribution in [0.5, 0.6) is 0 Å². The van der Waals surface area contributed by atoms with Gasteiger partial charge >= 0.3 is 29.8 Å². The second-order valence-electron chi connectivity index (χ2n) is 8.43. The fourth-order valence-electron chi connectivity index (χ4n) is 3.74. The largest absolute Gasteiger partial charge is 0.477 e. The van der Waals surface area contributed by atoms with Crippen LogP contribution in [0.4, 0.5) is 11.4 Å². The summed E-state index contributed by atoms with van der Waals surface area (Å²) in [6.45, 7) is 7.01. The van der Waals surface area contributed by atoms with Crippen LogP contribution in [0.15, 0.2) is 17.1 Å². The van der Waals surface area contributed by atoms with Crippen LogP contribution in [0.3, 0.4) is 0 Å². The molecule has 37 heavy (non-hydrogen) atoms. The molecule has 0 saturated heterocycles. The second-order valence-corrected chi connectivity index (χ2v) is 8.43. The minimum absolute atomic E-state index is 0.243. The molecule has 4 atom stereocenters. The highest BCUT2D eigenvalue weighted by Crippen LogP contribution is 2.37. The summed E-state index contributed by atoms with van der Waals surface area (Å²) >= 11 is 0. The summed E-state index contributed by atoms with van der Waals surface area (Å²) < 4.78 is 20.9. The maximum absolute atomic E-state index is 12.0. The summed E-state index contributed by atoms with van der Waals surface area (Å²) in [6.07, 6.45) is -6.09. The van der Waals surface area contributed by atoms with Gasteiger partial charge in [-0.2, -0.15) is 0 Å². The Labute approximate surface area is 212 Å². The van der Waals surface area contributed by atoms with Crippen molar-refractivity contribution in [2.24, 2.45) is 4.99 Å². The summed E-state index contributed by atoms with van der Waals surface area (Å²) in [5, 5.41) is 20.5. The standard InChI is InChI=1S/C24H30N2O11/c1-11-7-17-18(8-12(11)2)26(23(31)21(25-17)24(32)33)9-19(35-14(4)28)22(37-16(6)30)20(36-15(5)29)10-34-13(3)27/h7-8,19-20,22-23,31H,9-10H2,1-6H3,(H,32,33)/t19-,20+,22-,23?/m0/s1. The van der Waals surface area contributed by atoms with Gasteiger partial charge in [-0.15, -0.1) is 0 Å². The maximum atomic E-state index is 12.0. The molecule has 0 aromatic heterocycles. The number of aliphatic imine (C=N–C) groups is 1. The molecule has 2 N–H and O–H groups in total. The summed E-state index contributed by atoms with van der Waals surface area (Å²) in [6, 6.07) is 3.31. The van der Waals surface area contributed by atoms with Crippen LogP contribution in [0.1, 0.15) is 38.8 Å². The first kappa shape index (κ1) is 29.2. The number of aliphatic hydroxyl groups is 1. The van der Waals surface area contributed by atoms with Crippen molar-refractivity contribution in [1.29, 1.82) is 0 Å². The number of esters is 4. The number of hydrogen-bond acceptors (Lipinski definition) is 12. The normalized spacial score (nSPS) is 16.9. The van der Waals surface area contributed by atoms with E-state index in [9.17, 15) is 34.2 Å². The van der Waals surface area contributed by atoms with Gasteiger partial charge in [0.15, 0.2) is 30.3 Å². The highest BCUT2D eigenvalue weighted by Gasteiger charge is 2.42. The van der Waals surface area contributed by atoms with Gasteiger partial charge in [-0.1, -0.05) is 0 Å². The molecule has 1 aliphatic rings. The van der Waals surface area contributed by atoms with Gasteiger partial charge in [-0.3, -0.25) is 19.2 Å². The van der Waals surface area contributed by atoms with Crippen molar-refractivity contribution < 1.29 is 53.1 Å². The first-order chi connectivity index (χ1) is 17.2. The molecule has 1 aromatic carbocycles. The number of carboxylic acid groups (broad SMARTS) is 1. The van der Waals surface area contributed by atoms with Crippen molar-refractivity contribution in [2.45, 2.75) is 66.1 Å². The van der Waals surface area contributed by atoms with E-state index in [0.29, 0.717) is 5.69 Å². The molecule has 1 heterocycles. The molecule has 202 valence electrons. The molecule has 0 bridgehead atoms. The highest BCUT2D eigenvalue weighted by atomic mass is 16.6. The molecular formula is C24H30N2O11. The van der Waals surface area contributed by atoms with Gasteiger partial charge in [-0.25, -0.2) is 9.79 Å². The molecule has 0 amide bonds. The zero-order valence-corrected chi connectivity index (χ0v) is 21.3. The molecule has 0 fully saturated rings. The SMILES string of the molecule is CC(=O)OC[C@@H](OC(C)=O)[C@@H](OC(C)=O)[C@H](CN1c2cc(C)c(C)cc2N=C(C(=O)O)C1O)OC(C)=O. The van der Waals surface area contributed by atoms with E-state index in [0.717, 1.165) is 38.8 Å². The molecule has 0 aliphatic carbocycles. The molecule has 1 aliphatic heterocycles. The van der Waals surface area contributed by atoms with Crippen molar-refractivity contribution in [1.82, 2.24) is 0 Å². The Morgan fingerprint density at radius 1 is 0.892 bits per heavy atom. The predicted molar refractivity (Wildman–Crippen MR) is 127 cm³/mol. The van der Waals surface area contributed by atoms with Crippen molar-refractivity contribution in [2.75, 3.05) is 18.1 Å². The van der Waals surface area contributed by atoms with Gasteiger partial charge in [0.05, 0.1) is 17.9 Å². The Hall–Kier alpha value is -4.00. The second kappa shape index (κ2) is 12.3. The van der Waals surface area contributed by atoms with Gasteiger partial charge in [-0.05, 0) is 37.1 Å². The number of carboxylic acids is 1. The third-order valence-electron chi connectivity index (χ3n) is 5.40. The van der Waals surface area contributed by atoms with E-state index in [1.165, 1.54) is 4.90 Å². The van der Waals surface area contributed by atoms with Gasteiger partial charge in [0.2, 0.25) is 0 Å². The van der Waals surface area contributed by atoms with E-state index in [1.807, 2.05) is 0 Å². The number of fused-ring (bicyclic) bond motifs is 1. The summed E-state index contributed by atoms with van der Waals surface area (Å²) in [5.41, 5.74) is 1.60. The van der Waals surface area contributed by atoms with Gasteiger partial charge in [0, 0.05) is 27.7 Å². The Balaban J connectivity index is 2.61. The molecule has 1 unspecified atom stereocenters. The molecular weight excluding hydrogens is 492 g/mol. The quantitative estimate of drug-likeness (QED) is 0.329. The zero-order valence-electron chi connectivity index (χ0n) is 21.3. The number of aliphatic carboxylic acids is 1. The van der Waals surface area contributed by atoms with Crippen LogP contribution in [0.25, 0.3) is 0 Å².